The van der Waals surface area contributed by atoms with Crippen LogP contribution in [0.1, 0.15) is 52.7 Å². The summed E-state index contributed by atoms with van der Waals surface area (Å²) in [6.45, 7) is 6.68. The first-order chi connectivity index (χ1) is 17.3. The van der Waals surface area contributed by atoms with Gasteiger partial charge >= 0.3 is 18.2 Å². The van der Waals surface area contributed by atoms with E-state index in [0.717, 1.165) is 16.2 Å². The second-order valence-corrected chi connectivity index (χ2v) is 10.2. The predicted molar refractivity (Wildman–Crippen MR) is 132 cm³/mol. The first kappa shape index (κ1) is 27.6. The summed E-state index contributed by atoms with van der Waals surface area (Å²) in [6, 6.07) is -1.50. The van der Waals surface area contributed by atoms with E-state index in [1.165, 1.54) is 0 Å². The molecule has 1 aromatic rings. The molecule has 5 N–H and O–H groups in total. The van der Waals surface area contributed by atoms with Crippen molar-refractivity contribution in [2.24, 2.45) is 5.73 Å². The average Bonchev–Trinajstić information content (AvgIpc) is 3.24. The molecule has 37 heavy (non-hydrogen) atoms. The molecule has 0 aromatic carbocycles. The van der Waals surface area contributed by atoms with Crippen LogP contribution in [0, 0.1) is 0 Å². The minimum absolute atomic E-state index is 0.211. The highest BCUT2D eigenvalue weighted by Crippen LogP contribution is 2.37. The molecule has 3 heterocycles. The number of carbonyl (C=O) groups excluding carboxylic acids is 4. The third-order valence-electron chi connectivity index (χ3n) is 5.46. The number of nitrogens with zero attached hydrogens (tertiary/aromatic N) is 2. The van der Waals surface area contributed by atoms with Gasteiger partial charge in [0.1, 0.15) is 23.9 Å². The summed E-state index contributed by atoms with van der Waals surface area (Å²) < 4.78 is 9.92. The van der Waals surface area contributed by atoms with E-state index in [9.17, 15) is 29.1 Å². The van der Waals surface area contributed by atoms with Gasteiger partial charge in [0.05, 0.1) is 17.3 Å². The first-order valence-corrected chi connectivity index (χ1v) is 12.4. The molecular weight excluding hydrogens is 506 g/mol. The van der Waals surface area contributed by atoms with Gasteiger partial charge in [0.2, 0.25) is 0 Å². The van der Waals surface area contributed by atoms with Crippen molar-refractivity contribution in [1.29, 1.82) is 0 Å². The van der Waals surface area contributed by atoms with Gasteiger partial charge in [-0.05, 0) is 45.6 Å². The normalized spacial score (nSPS) is 19.5. The van der Waals surface area contributed by atoms with E-state index < -0.39 is 47.7 Å². The maximum atomic E-state index is 13.1. The number of carboxylic acids is 1. The summed E-state index contributed by atoms with van der Waals surface area (Å²) in [6.07, 6.45) is 1.02. The number of carboxylic acid groups (broad SMARTS) is 1. The maximum absolute atomic E-state index is 13.1. The van der Waals surface area contributed by atoms with E-state index in [-0.39, 0.29) is 35.0 Å². The zero-order valence-corrected chi connectivity index (χ0v) is 21.6. The Morgan fingerprint density at radius 1 is 1.32 bits per heavy atom. The topological polar surface area (TPSA) is 190 Å². The van der Waals surface area contributed by atoms with Gasteiger partial charge in [0.15, 0.2) is 5.13 Å². The standard InChI is InChI=1S/C23H29N5O8S/c1-5-6-12(13-10-37-21(25-13)27-22(34)36-23(2,3)4)17(29)26-15-14-8-7-11(9-35-20(24)33)16(19(31)32)28(14)18(15)30/h6,10,14-15H,5,7-9H2,1-4H3,(H2,24,33)(H,26,29)(H,31,32)(H,25,27,34)/b12-6-/t14-,15+/m1/s1. The molecule has 4 amide bonds. The lowest BCUT2D eigenvalue weighted by Crippen LogP contribution is -2.71. The van der Waals surface area contributed by atoms with E-state index in [2.05, 4.69) is 15.6 Å². The number of primary amides is 1. The van der Waals surface area contributed by atoms with Gasteiger partial charge in [0.25, 0.3) is 11.8 Å². The van der Waals surface area contributed by atoms with Crippen LogP contribution in [0.4, 0.5) is 14.7 Å². The van der Waals surface area contributed by atoms with Gasteiger partial charge in [-0.25, -0.2) is 19.4 Å². The molecule has 1 fully saturated rings. The molecule has 0 aliphatic carbocycles. The molecule has 13 nitrogen and oxygen atoms in total. The fraction of sp³-hybridized carbons (Fsp3) is 0.478. The number of aromatic nitrogens is 1. The van der Waals surface area contributed by atoms with Gasteiger partial charge in [0, 0.05) is 5.38 Å². The quantitative estimate of drug-likeness (QED) is 0.285. The van der Waals surface area contributed by atoms with E-state index in [0.29, 0.717) is 18.5 Å². The molecule has 0 saturated carbocycles. The molecule has 0 radical (unpaired) electrons. The van der Waals surface area contributed by atoms with E-state index in [1.54, 1.807) is 32.2 Å². The van der Waals surface area contributed by atoms with Crippen LogP contribution in [0.2, 0.25) is 0 Å². The van der Waals surface area contributed by atoms with Crippen LogP contribution in [0.5, 0.6) is 0 Å². The Labute approximate surface area is 216 Å². The summed E-state index contributed by atoms with van der Waals surface area (Å²) >= 11 is 1.11. The number of β-lactam (4-membered cyclic amide) rings is 1. The van der Waals surface area contributed by atoms with Gasteiger partial charge in [-0.1, -0.05) is 13.0 Å². The minimum atomic E-state index is -1.34. The molecule has 3 rings (SSSR count). The highest BCUT2D eigenvalue weighted by molar-refractivity contribution is 7.14. The summed E-state index contributed by atoms with van der Waals surface area (Å²) in [4.78, 5) is 66.2. The second-order valence-electron chi connectivity index (χ2n) is 9.32. The van der Waals surface area contributed by atoms with Crippen LogP contribution in [0.25, 0.3) is 5.57 Å². The Kier molecular flexibility index (Phi) is 8.21. The minimum Gasteiger partial charge on any atom is -0.477 e. The van der Waals surface area contributed by atoms with Gasteiger partial charge in [-0.2, -0.15) is 0 Å². The summed E-state index contributed by atoms with van der Waals surface area (Å²) in [5, 5.41) is 16.7. The fourth-order valence-corrected chi connectivity index (χ4v) is 4.72. The van der Waals surface area contributed by atoms with Crippen LogP contribution in [-0.4, -0.2) is 69.3 Å². The molecule has 200 valence electrons. The van der Waals surface area contributed by atoms with E-state index in [4.69, 9.17) is 15.2 Å². The zero-order valence-electron chi connectivity index (χ0n) is 20.8. The smallest absolute Gasteiger partial charge is 0.413 e. The van der Waals surface area contributed by atoms with Crippen LogP contribution in [0.3, 0.4) is 0 Å². The lowest BCUT2D eigenvalue weighted by atomic mass is 9.83. The molecule has 2 aliphatic rings. The van der Waals surface area contributed by atoms with Crippen LogP contribution < -0.4 is 16.4 Å². The van der Waals surface area contributed by atoms with Crippen molar-refractivity contribution in [2.45, 2.75) is 64.6 Å². The summed E-state index contributed by atoms with van der Waals surface area (Å²) in [5.41, 5.74) is 4.79. The van der Waals surface area contributed by atoms with Crippen molar-refractivity contribution in [3.05, 3.63) is 28.4 Å². The number of carbonyl (C=O) groups is 5. The average molecular weight is 536 g/mol. The largest absolute Gasteiger partial charge is 0.477 e. The predicted octanol–water partition coefficient (Wildman–Crippen LogP) is 2.21. The number of hydrogen-bond acceptors (Lipinski definition) is 9. The van der Waals surface area contributed by atoms with Crippen molar-refractivity contribution >= 4 is 52.0 Å². The SMILES string of the molecule is CC/C=C(\C(=O)N[C@@H]1C(=O)N2C(C(=O)O)=C(COC(N)=O)CC[C@H]12)c1csc(NC(=O)OC(C)(C)C)n1. The molecule has 0 bridgehead atoms. The number of thiazole rings is 1. The van der Waals surface area contributed by atoms with E-state index >= 15 is 0 Å². The molecule has 2 atom stereocenters. The zero-order chi connectivity index (χ0) is 27.5. The number of rotatable bonds is 8. The number of ether oxygens (including phenoxy) is 2. The van der Waals surface area contributed by atoms with Crippen LogP contribution >= 0.6 is 11.3 Å². The Balaban J connectivity index is 1.72. The molecule has 0 spiro atoms. The van der Waals surface area contributed by atoms with Gasteiger partial charge < -0.3 is 25.6 Å². The van der Waals surface area contributed by atoms with Gasteiger partial charge in [-0.15, -0.1) is 11.3 Å². The summed E-state index contributed by atoms with van der Waals surface area (Å²) in [5.74, 6) is -2.49. The van der Waals surface area contributed by atoms with Crippen molar-refractivity contribution in [3.63, 3.8) is 0 Å². The van der Waals surface area contributed by atoms with Crippen LogP contribution in [0.15, 0.2) is 22.7 Å². The second kappa shape index (κ2) is 11.0. The molecule has 0 unspecified atom stereocenters. The Bertz CT molecular complexity index is 1180. The Hall–Kier alpha value is -3.94. The number of anilines is 1. The van der Waals surface area contributed by atoms with Crippen molar-refractivity contribution < 1.29 is 38.6 Å². The number of allylic oxidation sites excluding steroid dienone is 1. The lowest BCUT2D eigenvalue weighted by molar-refractivity contribution is -0.155. The summed E-state index contributed by atoms with van der Waals surface area (Å²) in [7, 11) is 0. The number of nitrogens with one attached hydrogen (secondary N) is 2. The number of aliphatic carboxylic acids is 1. The monoisotopic (exact) mass is 535 g/mol. The highest BCUT2D eigenvalue weighted by atomic mass is 32.1. The maximum Gasteiger partial charge on any atom is 0.413 e. The number of amides is 4. The highest BCUT2D eigenvalue weighted by Gasteiger charge is 2.53. The molecule has 1 aromatic heterocycles. The fourth-order valence-electron chi connectivity index (χ4n) is 4.02. The lowest BCUT2D eigenvalue weighted by Gasteiger charge is -2.50. The number of fused-ring (bicyclic) bond motifs is 1. The van der Waals surface area contributed by atoms with E-state index in [1.807, 2.05) is 6.92 Å². The third-order valence-corrected chi connectivity index (χ3v) is 6.21. The van der Waals surface area contributed by atoms with Crippen molar-refractivity contribution in [2.75, 3.05) is 11.9 Å². The third kappa shape index (κ3) is 6.44. The Morgan fingerprint density at radius 2 is 2.03 bits per heavy atom. The molecule has 1 saturated heterocycles. The van der Waals surface area contributed by atoms with Gasteiger partial charge in [-0.3, -0.25) is 19.8 Å². The van der Waals surface area contributed by atoms with Crippen molar-refractivity contribution in [1.82, 2.24) is 15.2 Å². The molecule has 2 aliphatic heterocycles. The Morgan fingerprint density at radius 3 is 2.62 bits per heavy atom. The molecular formula is C23H29N5O8S. The number of nitrogens with two attached hydrogens (primary N) is 1. The number of hydrogen-bond donors (Lipinski definition) is 4. The van der Waals surface area contributed by atoms with Crippen molar-refractivity contribution in [3.8, 4) is 0 Å². The first-order valence-electron chi connectivity index (χ1n) is 11.5. The van der Waals surface area contributed by atoms with Crippen LogP contribution in [-0.2, 0) is 23.9 Å². The molecule has 14 heteroatoms.